The van der Waals surface area contributed by atoms with E-state index in [1.165, 1.54) is 11.8 Å². The second-order valence-corrected chi connectivity index (χ2v) is 13.2. The van der Waals surface area contributed by atoms with Crippen molar-refractivity contribution in [1.29, 1.82) is 0 Å². The van der Waals surface area contributed by atoms with Crippen molar-refractivity contribution in [2.75, 3.05) is 18.1 Å². The van der Waals surface area contributed by atoms with Gasteiger partial charge in [-0.15, -0.1) is 0 Å². The van der Waals surface area contributed by atoms with Gasteiger partial charge >= 0.3 is 5.97 Å². The minimum absolute atomic E-state index is 0.0242. The van der Waals surface area contributed by atoms with Crippen molar-refractivity contribution in [3.63, 3.8) is 0 Å². The third kappa shape index (κ3) is 5.17. The topological polar surface area (TPSA) is 109 Å². The van der Waals surface area contributed by atoms with Gasteiger partial charge in [0.1, 0.15) is 17.3 Å². The molecule has 1 unspecified atom stereocenters. The molecule has 3 aliphatic heterocycles. The Balaban J connectivity index is 1.15. The summed E-state index contributed by atoms with van der Waals surface area (Å²) in [7, 11) is 0. The third-order valence-electron chi connectivity index (χ3n) is 9.17. The van der Waals surface area contributed by atoms with E-state index < -0.39 is 11.6 Å². The molecule has 0 aromatic heterocycles. The Morgan fingerprint density at radius 2 is 1.91 bits per heavy atom. The number of aliphatic imine (C=N–C) groups is 1. The molecule has 4 aliphatic rings. The Labute approximate surface area is 267 Å². The smallest absolute Gasteiger partial charge is 0.350 e. The average Bonchev–Trinajstić information content (AvgIpc) is 3.58. The largest absolute Gasteiger partial charge is 0.507 e. The number of carbonyl (C=O) groups is 2. The van der Waals surface area contributed by atoms with Crippen LogP contribution in [0.2, 0.25) is 0 Å². The Bertz CT molecular complexity index is 1810. The van der Waals surface area contributed by atoms with Crippen LogP contribution in [-0.2, 0) is 20.7 Å². The van der Waals surface area contributed by atoms with Crippen molar-refractivity contribution in [3.8, 4) is 11.5 Å². The van der Waals surface area contributed by atoms with Crippen LogP contribution in [0.3, 0.4) is 0 Å². The Morgan fingerprint density at radius 3 is 2.64 bits per heavy atom. The van der Waals surface area contributed by atoms with E-state index in [1.807, 2.05) is 65.0 Å². The third-order valence-corrected chi connectivity index (χ3v) is 10.3. The number of benzene rings is 2. The van der Waals surface area contributed by atoms with E-state index in [9.17, 15) is 19.8 Å². The van der Waals surface area contributed by atoms with E-state index in [0.29, 0.717) is 37.3 Å². The lowest BCUT2D eigenvalue weighted by atomic mass is 9.85. The van der Waals surface area contributed by atoms with Crippen molar-refractivity contribution < 1.29 is 29.3 Å². The number of aliphatic hydroxyl groups is 1. The fourth-order valence-corrected chi connectivity index (χ4v) is 7.44. The summed E-state index contributed by atoms with van der Waals surface area (Å²) in [6.07, 6.45) is 6.03. The number of carbonyl (C=O) groups excluding carboxylic acids is 2. The van der Waals surface area contributed by atoms with Gasteiger partial charge in [0.15, 0.2) is 0 Å². The number of aliphatic hydroxyl groups excluding tert-OH is 1. The lowest BCUT2D eigenvalue weighted by Crippen LogP contribution is -2.46. The molecule has 0 saturated carbocycles. The van der Waals surface area contributed by atoms with Crippen molar-refractivity contribution in [2.24, 2.45) is 4.99 Å². The zero-order chi connectivity index (χ0) is 32.2. The number of aromatic hydroxyl groups is 1. The molecule has 1 aliphatic carbocycles. The molecule has 0 fully saturated rings. The SMILES string of the molecule is CCC1=CC(C)=NC1=C1C(=O)C(C=C2Sc3ccccc3N2CCCOC(=O)C2(C)CCc3c(C)c(O)c(C)c(C)c3O2)=C1O. The van der Waals surface area contributed by atoms with Gasteiger partial charge in [-0.05, 0) is 100 Å². The average molecular weight is 627 g/mol. The summed E-state index contributed by atoms with van der Waals surface area (Å²) in [6, 6.07) is 7.98. The highest BCUT2D eigenvalue weighted by atomic mass is 32.2. The molecule has 2 N–H and O–H groups in total. The number of nitrogens with zero attached hydrogens (tertiary/aromatic N) is 2. The van der Waals surface area contributed by atoms with Crippen LogP contribution in [0, 0.1) is 20.8 Å². The Kier molecular flexibility index (Phi) is 7.93. The summed E-state index contributed by atoms with van der Waals surface area (Å²) < 4.78 is 12.0. The van der Waals surface area contributed by atoms with Gasteiger partial charge in [-0.1, -0.05) is 30.8 Å². The molecule has 2 aromatic rings. The number of fused-ring (bicyclic) bond motifs is 2. The standard InChI is InChI=1S/C36H38N2O6S/c1-7-23-17-19(2)37-30(23)29-32(40)25(33(29)41)18-28-38(26-11-8-9-12-27(26)45-28)15-10-16-43-35(42)36(6)14-13-24-22(5)31(39)20(3)21(4)34(24)44-36/h8-9,11-12,17-18,39-40H,7,10,13-16H2,1-6H3. The monoisotopic (exact) mass is 626 g/mol. The van der Waals surface area contributed by atoms with Gasteiger partial charge in [0, 0.05) is 29.1 Å². The number of rotatable bonds is 7. The first-order valence-corrected chi connectivity index (χ1v) is 16.2. The number of esters is 1. The van der Waals surface area contributed by atoms with E-state index in [2.05, 4.69) is 9.89 Å². The van der Waals surface area contributed by atoms with Crippen LogP contribution < -0.4 is 9.64 Å². The van der Waals surface area contributed by atoms with E-state index in [4.69, 9.17) is 9.47 Å². The maximum absolute atomic E-state index is 13.3. The van der Waals surface area contributed by atoms with Crippen LogP contribution in [-0.4, -0.2) is 46.4 Å². The molecular weight excluding hydrogens is 588 g/mol. The van der Waals surface area contributed by atoms with Crippen LogP contribution in [0.1, 0.15) is 62.3 Å². The number of hydrogen-bond acceptors (Lipinski definition) is 9. The maximum Gasteiger partial charge on any atom is 0.350 e. The second kappa shape index (κ2) is 11.6. The lowest BCUT2D eigenvalue weighted by molar-refractivity contribution is -0.162. The van der Waals surface area contributed by atoms with Crippen LogP contribution in [0.15, 0.2) is 79.5 Å². The Hall–Kier alpha value is -4.24. The van der Waals surface area contributed by atoms with E-state index in [-0.39, 0.29) is 35.0 Å². The minimum Gasteiger partial charge on any atom is -0.507 e. The first-order valence-electron chi connectivity index (χ1n) is 15.4. The maximum atomic E-state index is 13.3. The molecule has 0 bridgehead atoms. The number of Topliss-reactive ketones (excluding diaryl/α,β-unsaturated/α-hetero) is 1. The number of para-hydroxylation sites is 1. The number of ether oxygens (including phenoxy) is 2. The van der Waals surface area contributed by atoms with Crippen LogP contribution >= 0.6 is 11.8 Å². The van der Waals surface area contributed by atoms with Gasteiger partial charge in [-0.3, -0.25) is 9.79 Å². The fraction of sp³-hybridized carbons (Fsp3) is 0.361. The first kappa shape index (κ1) is 30.8. The number of phenolic OH excluding ortho intramolecular Hbond substituents is 1. The lowest BCUT2D eigenvalue weighted by Gasteiger charge is -2.36. The van der Waals surface area contributed by atoms with E-state index >= 15 is 0 Å². The predicted octanol–water partition coefficient (Wildman–Crippen LogP) is 7.25. The predicted molar refractivity (Wildman–Crippen MR) is 176 cm³/mol. The summed E-state index contributed by atoms with van der Waals surface area (Å²) in [5.74, 6) is 0.291. The molecule has 1 atom stereocenters. The highest BCUT2D eigenvalue weighted by Gasteiger charge is 2.42. The molecule has 3 heterocycles. The molecule has 8 nitrogen and oxygen atoms in total. The molecule has 0 spiro atoms. The van der Waals surface area contributed by atoms with Crippen molar-refractivity contribution in [1.82, 2.24) is 0 Å². The van der Waals surface area contributed by atoms with Gasteiger partial charge in [0.05, 0.1) is 34.2 Å². The second-order valence-electron chi connectivity index (χ2n) is 12.1. The zero-order valence-electron chi connectivity index (χ0n) is 26.5. The summed E-state index contributed by atoms with van der Waals surface area (Å²) in [5.41, 5.74) is 6.09. The summed E-state index contributed by atoms with van der Waals surface area (Å²) in [6.45, 7) is 12.0. The van der Waals surface area contributed by atoms with Crippen molar-refractivity contribution in [3.05, 3.63) is 91.9 Å². The normalized spacial score (nSPS) is 23.0. The molecule has 6 rings (SSSR count). The van der Waals surface area contributed by atoms with Crippen LogP contribution in [0.5, 0.6) is 11.5 Å². The quantitative estimate of drug-likeness (QED) is 0.188. The van der Waals surface area contributed by atoms with Crippen molar-refractivity contribution in [2.45, 2.75) is 77.7 Å². The fourth-order valence-electron chi connectivity index (χ4n) is 6.31. The highest BCUT2D eigenvalue weighted by molar-refractivity contribution is 8.03. The molecule has 234 valence electrons. The van der Waals surface area contributed by atoms with Gasteiger partial charge in [-0.25, -0.2) is 4.79 Å². The van der Waals surface area contributed by atoms with E-state index in [1.54, 1.807) is 13.0 Å². The zero-order valence-corrected chi connectivity index (χ0v) is 27.4. The van der Waals surface area contributed by atoms with Gasteiger partial charge in [-0.2, -0.15) is 0 Å². The van der Waals surface area contributed by atoms with Gasteiger partial charge < -0.3 is 24.6 Å². The molecule has 0 saturated heterocycles. The number of hydrogen-bond donors (Lipinski definition) is 2. The van der Waals surface area contributed by atoms with Crippen molar-refractivity contribution >= 4 is 34.9 Å². The first-order chi connectivity index (χ1) is 21.4. The molecule has 45 heavy (non-hydrogen) atoms. The Morgan fingerprint density at radius 1 is 1.16 bits per heavy atom. The number of allylic oxidation sites excluding steroid dienone is 5. The van der Waals surface area contributed by atoms with Gasteiger partial charge in [0.2, 0.25) is 11.4 Å². The molecule has 2 aromatic carbocycles. The number of ketones is 1. The number of anilines is 1. The highest BCUT2D eigenvalue weighted by Crippen LogP contribution is 2.48. The van der Waals surface area contributed by atoms with Crippen LogP contribution in [0.25, 0.3) is 0 Å². The van der Waals surface area contributed by atoms with E-state index in [0.717, 1.165) is 55.6 Å². The van der Waals surface area contributed by atoms with Crippen LogP contribution in [0.4, 0.5) is 5.69 Å². The molecule has 0 radical (unpaired) electrons. The summed E-state index contributed by atoms with van der Waals surface area (Å²) in [4.78, 5) is 34.2. The van der Waals surface area contributed by atoms with Gasteiger partial charge in [0.25, 0.3) is 0 Å². The molecular formula is C36H38N2O6S. The summed E-state index contributed by atoms with van der Waals surface area (Å²) >= 11 is 1.54. The molecule has 0 amide bonds. The number of phenols is 1. The summed E-state index contributed by atoms with van der Waals surface area (Å²) in [5, 5.41) is 22.3. The number of thioether (sulfide) groups is 1. The minimum atomic E-state index is -1.12. The molecule has 9 heteroatoms.